The molecular formula is C14H20ClN5O2S. The van der Waals surface area contributed by atoms with Crippen molar-refractivity contribution in [3.05, 3.63) is 42.6 Å². The molecule has 0 saturated carbocycles. The van der Waals surface area contributed by atoms with Gasteiger partial charge in [-0.25, -0.2) is 13.4 Å². The van der Waals surface area contributed by atoms with Gasteiger partial charge in [-0.05, 0) is 18.6 Å². The van der Waals surface area contributed by atoms with Crippen molar-refractivity contribution in [3.63, 3.8) is 0 Å². The van der Waals surface area contributed by atoms with Gasteiger partial charge in [0.05, 0.1) is 18.6 Å². The summed E-state index contributed by atoms with van der Waals surface area (Å²) in [6.45, 7) is 4.10. The summed E-state index contributed by atoms with van der Waals surface area (Å²) >= 11 is 0. The van der Waals surface area contributed by atoms with Crippen molar-refractivity contribution in [2.24, 2.45) is 0 Å². The van der Waals surface area contributed by atoms with Gasteiger partial charge >= 0.3 is 0 Å². The standard InChI is InChI=1S/C14H19N5O2S.ClH/c1-2-18-11-17-10-14(18)22(20,21)19-7-6-16-9-13(19)12-4-3-5-15-8-12;/h3-5,8,10-11,13,16H,2,6-7,9H2,1H3;1H. The number of hydrogen-bond donors (Lipinski definition) is 1. The third kappa shape index (κ3) is 3.40. The van der Waals surface area contributed by atoms with Crippen molar-refractivity contribution < 1.29 is 8.42 Å². The fourth-order valence-electron chi connectivity index (χ4n) is 2.71. The maximum Gasteiger partial charge on any atom is 0.260 e. The molecule has 0 bridgehead atoms. The molecule has 1 fully saturated rings. The van der Waals surface area contributed by atoms with Crippen LogP contribution in [0.5, 0.6) is 0 Å². The number of halogens is 1. The van der Waals surface area contributed by atoms with Crippen LogP contribution >= 0.6 is 12.4 Å². The van der Waals surface area contributed by atoms with Crippen molar-refractivity contribution in [1.29, 1.82) is 0 Å². The molecule has 3 heterocycles. The van der Waals surface area contributed by atoms with Gasteiger partial charge in [-0.3, -0.25) is 4.98 Å². The average molecular weight is 358 g/mol. The minimum absolute atomic E-state index is 0. The number of rotatable bonds is 4. The third-order valence-electron chi connectivity index (χ3n) is 3.85. The molecular weight excluding hydrogens is 338 g/mol. The topological polar surface area (TPSA) is 80.1 Å². The van der Waals surface area contributed by atoms with Gasteiger partial charge in [0.2, 0.25) is 0 Å². The summed E-state index contributed by atoms with van der Waals surface area (Å²) < 4.78 is 29.3. The van der Waals surface area contributed by atoms with Crippen LogP contribution in [-0.2, 0) is 16.6 Å². The van der Waals surface area contributed by atoms with E-state index in [1.807, 2.05) is 19.1 Å². The number of nitrogens with one attached hydrogen (secondary N) is 1. The van der Waals surface area contributed by atoms with Gasteiger partial charge in [-0.2, -0.15) is 4.31 Å². The summed E-state index contributed by atoms with van der Waals surface area (Å²) in [7, 11) is -3.59. The predicted octanol–water partition coefficient (Wildman–Crippen LogP) is 1.05. The van der Waals surface area contributed by atoms with Crippen LogP contribution in [0.1, 0.15) is 18.5 Å². The normalized spacial score (nSPS) is 19.3. The number of pyridine rings is 1. The molecule has 1 atom stereocenters. The van der Waals surface area contributed by atoms with Gasteiger partial charge in [0.15, 0.2) is 5.03 Å². The average Bonchev–Trinajstić information content (AvgIpc) is 3.05. The van der Waals surface area contributed by atoms with Crippen molar-refractivity contribution in [2.75, 3.05) is 19.6 Å². The first-order chi connectivity index (χ1) is 10.6. The number of aryl methyl sites for hydroxylation is 1. The molecule has 3 rings (SSSR count). The molecule has 0 aliphatic carbocycles. The highest BCUT2D eigenvalue weighted by Crippen LogP contribution is 2.28. The van der Waals surface area contributed by atoms with Crippen molar-refractivity contribution >= 4 is 22.4 Å². The van der Waals surface area contributed by atoms with Gasteiger partial charge in [-0.15, -0.1) is 12.4 Å². The second kappa shape index (κ2) is 7.39. The van der Waals surface area contributed by atoms with Crippen LogP contribution in [-0.4, -0.2) is 46.9 Å². The van der Waals surface area contributed by atoms with E-state index in [2.05, 4.69) is 15.3 Å². The minimum atomic E-state index is -3.59. The highest BCUT2D eigenvalue weighted by atomic mass is 35.5. The predicted molar refractivity (Wildman–Crippen MR) is 88.9 cm³/mol. The number of sulfonamides is 1. The van der Waals surface area contributed by atoms with Crippen LogP contribution in [0.2, 0.25) is 0 Å². The Morgan fingerprint density at radius 3 is 2.87 bits per heavy atom. The zero-order chi connectivity index (χ0) is 15.6. The Kier molecular flexibility index (Phi) is 5.74. The van der Waals surface area contributed by atoms with Crippen molar-refractivity contribution in [3.8, 4) is 0 Å². The number of piperazine rings is 1. The fraction of sp³-hybridized carbons (Fsp3) is 0.429. The molecule has 23 heavy (non-hydrogen) atoms. The van der Waals surface area contributed by atoms with E-state index in [9.17, 15) is 8.42 Å². The van der Waals surface area contributed by atoms with E-state index in [0.717, 1.165) is 5.56 Å². The summed E-state index contributed by atoms with van der Waals surface area (Å²) in [5.41, 5.74) is 0.890. The highest BCUT2D eigenvalue weighted by Gasteiger charge is 2.36. The van der Waals surface area contributed by atoms with Crippen LogP contribution in [0.4, 0.5) is 0 Å². The molecule has 126 valence electrons. The van der Waals surface area contributed by atoms with Crippen LogP contribution in [0, 0.1) is 0 Å². The Balaban J connectivity index is 0.00000192. The van der Waals surface area contributed by atoms with Gasteiger partial charge < -0.3 is 9.88 Å². The number of aromatic nitrogens is 3. The maximum absolute atomic E-state index is 13.0. The molecule has 2 aromatic rings. The molecule has 1 aliphatic rings. The van der Waals surface area contributed by atoms with Crippen LogP contribution in [0.25, 0.3) is 0 Å². The monoisotopic (exact) mass is 357 g/mol. The van der Waals surface area contributed by atoms with Crippen LogP contribution in [0.3, 0.4) is 0 Å². The lowest BCUT2D eigenvalue weighted by molar-refractivity contribution is 0.269. The van der Waals surface area contributed by atoms with Crippen LogP contribution in [0.15, 0.2) is 42.1 Å². The van der Waals surface area contributed by atoms with E-state index in [-0.39, 0.29) is 23.5 Å². The van der Waals surface area contributed by atoms with E-state index >= 15 is 0 Å². The molecule has 1 saturated heterocycles. The summed E-state index contributed by atoms with van der Waals surface area (Å²) in [5, 5.41) is 3.49. The third-order valence-corrected chi connectivity index (χ3v) is 5.77. The van der Waals surface area contributed by atoms with Gasteiger partial charge in [0.25, 0.3) is 10.0 Å². The largest absolute Gasteiger partial charge is 0.321 e. The zero-order valence-corrected chi connectivity index (χ0v) is 14.4. The first-order valence-corrected chi connectivity index (χ1v) is 8.71. The lowest BCUT2D eigenvalue weighted by Gasteiger charge is -2.35. The van der Waals surface area contributed by atoms with Gasteiger partial charge in [-0.1, -0.05) is 6.07 Å². The summed E-state index contributed by atoms with van der Waals surface area (Å²) in [4.78, 5) is 8.09. The number of imidazole rings is 1. The second-order valence-corrected chi connectivity index (χ2v) is 6.98. The molecule has 0 spiro atoms. The highest BCUT2D eigenvalue weighted by molar-refractivity contribution is 7.89. The molecule has 0 radical (unpaired) electrons. The minimum Gasteiger partial charge on any atom is -0.321 e. The summed E-state index contributed by atoms with van der Waals surface area (Å²) in [6, 6.07) is 3.47. The quantitative estimate of drug-likeness (QED) is 0.884. The molecule has 0 amide bonds. The molecule has 2 aromatic heterocycles. The first-order valence-electron chi connectivity index (χ1n) is 7.27. The second-order valence-electron chi connectivity index (χ2n) is 5.14. The van der Waals surface area contributed by atoms with Crippen molar-refractivity contribution in [2.45, 2.75) is 24.5 Å². The zero-order valence-electron chi connectivity index (χ0n) is 12.8. The summed E-state index contributed by atoms with van der Waals surface area (Å²) in [5.74, 6) is 0. The van der Waals surface area contributed by atoms with E-state index in [4.69, 9.17) is 0 Å². The molecule has 0 aromatic carbocycles. The molecule has 9 heteroatoms. The molecule has 1 N–H and O–H groups in total. The number of hydrogen-bond acceptors (Lipinski definition) is 5. The Hall–Kier alpha value is -1.48. The lowest BCUT2D eigenvalue weighted by Crippen LogP contribution is -2.48. The SMILES string of the molecule is CCn1cncc1S(=O)(=O)N1CCNCC1c1cccnc1.Cl. The fourth-order valence-corrected chi connectivity index (χ4v) is 4.48. The van der Waals surface area contributed by atoms with Crippen LogP contribution < -0.4 is 5.32 Å². The lowest BCUT2D eigenvalue weighted by atomic mass is 10.1. The molecule has 1 aliphatic heterocycles. The van der Waals surface area contributed by atoms with E-state index < -0.39 is 10.0 Å². The van der Waals surface area contributed by atoms with E-state index in [1.54, 1.807) is 27.6 Å². The van der Waals surface area contributed by atoms with Crippen molar-refractivity contribution in [1.82, 2.24) is 24.2 Å². The van der Waals surface area contributed by atoms with E-state index in [0.29, 0.717) is 26.2 Å². The van der Waals surface area contributed by atoms with Gasteiger partial charge in [0.1, 0.15) is 0 Å². The maximum atomic E-state index is 13.0. The Labute approximate surface area is 142 Å². The molecule has 7 nitrogen and oxygen atoms in total. The first kappa shape index (κ1) is 17.9. The Morgan fingerprint density at radius 2 is 2.17 bits per heavy atom. The van der Waals surface area contributed by atoms with Gasteiger partial charge in [0, 0.05) is 38.6 Å². The smallest absolute Gasteiger partial charge is 0.260 e. The summed E-state index contributed by atoms with van der Waals surface area (Å²) in [6.07, 6.45) is 6.37. The molecule has 1 unspecified atom stereocenters. The number of nitrogens with zero attached hydrogens (tertiary/aromatic N) is 4. The Morgan fingerprint density at radius 1 is 1.35 bits per heavy atom. The van der Waals surface area contributed by atoms with E-state index in [1.165, 1.54) is 6.20 Å². The Bertz CT molecular complexity index is 735.